The smallest absolute Gasteiger partial charge is 0.146 e. The topological polar surface area (TPSA) is 43.8 Å². The van der Waals surface area contributed by atoms with E-state index in [1.54, 1.807) is 28.9 Å². The van der Waals surface area contributed by atoms with E-state index in [0.29, 0.717) is 17.1 Å². The molecule has 0 fully saturated rings. The molecular weight excluding hydrogens is 205 g/mol. The van der Waals surface area contributed by atoms with Crippen molar-refractivity contribution in [3.63, 3.8) is 0 Å². The molecule has 1 heterocycles. The molecule has 0 saturated heterocycles. The molecule has 1 aromatic heterocycles. The summed E-state index contributed by atoms with van der Waals surface area (Å²) in [6.45, 7) is 3.97. The first-order chi connectivity index (χ1) is 7.59. The highest BCUT2D eigenvalue weighted by Gasteiger charge is 2.13. The number of benzene rings is 1. The maximum absolute atomic E-state index is 13.6. The highest BCUT2D eigenvalue weighted by molar-refractivity contribution is 5.63. The molecule has 3 nitrogen and oxygen atoms in total. The number of aromatic nitrogens is 2. The van der Waals surface area contributed by atoms with Crippen molar-refractivity contribution in [3.8, 4) is 11.3 Å². The lowest BCUT2D eigenvalue weighted by Gasteiger charge is -2.11. The first-order valence-corrected chi connectivity index (χ1v) is 5.19. The number of nitrogen functional groups attached to an aromatic ring is 1. The van der Waals surface area contributed by atoms with Gasteiger partial charge in [0.05, 0.1) is 5.69 Å². The van der Waals surface area contributed by atoms with E-state index in [9.17, 15) is 4.39 Å². The Morgan fingerprint density at radius 3 is 2.62 bits per heavy atom. The number of rotatable bonds is 2. The lowest BCUT2D eigenvalue weighted by atomic mass is 10.1. The Hall–Kier alpha value is -1.84. The van der Waals surface area contributed by atoms with E-state index in [1.807, 2.05) is 13.8 Å². The molecule has 2 rings (SSSR count). The molecular formula is C12H14FN3. The van der Waals surface area contributed by atoms with Crippen LogP contribution in [0.4, 0.5) is 10.2 Å². The highest BCUT2D eigenvalue weighted by atomic mass is 19.1. The Morgan fingerprint density at radius 2 is 2.00 bits per heavy atom. The molecule has 0 saturated carbocycles. The summed E-state index contributed by atoms with van der Waals surface area (Å²) in [5.41, 5.74) is 6.89. The third-order valence-corrected chi connectivity index (χ3v) is 2.39. The summed E-state index contributed by atoms with van der Waals surface area (Å²) in [5.74, 6) is 0.149. The predicted octanol–water partition coefficient (Wildman–Crippen LogP) is 2.85. The molecule has 0 bridgehead atoms. The first-order valence-electron chi connectivity index (χ1n) is 5.19. The molecule has 0 aliphatic carbocycles. The van der Waals surface area contributed by atoms with Crippen molar-refractivity contribution in [3.05, 3.63) is 36.1 Å². The van der Waals surface area contributed by atoms with Crippen LogP contribution in [0.2, 0.25) is 0 Å². The molecule has 0 aliphatic heterocycles. The molecule has 84 valence electrons. The number of nitrogens with two attached hydrogens (primary N) is 1. The van der Waals surface area contributed by atoms with Crippen LogP contribution in [0.5, 0.6) is 0 Å². The second-order valence-corrected chi connectivity index (χ2v) is 3.97. The predicted molar refractivity (Wildman–Crippen MR) is 62.4 cm³/mol. The fourth-order valence-electron chi connectivity index (χ4n) is 1.68. The number of hydrogen-bond acceptors (Lipinski definition) is 2. The van der Waals surface area contributed by atoms with Crippen molar-refractivity contribution >= 4 is 5.82 Å². The van der Waals surface area contributed by atoms with Crippen LogP contribution in [0, 0.1) is 5.82 Å². The average Bonchev–Trinajstić information content (AvgIpc) is 2.61. The van der Waals surface area contributed by atoms with Gasteiger partial charge in [-0.2, -0.15) is 5.10 Å². The lowest BCUT2D eigenvalue weighted by Crippen LogP contribution is -2.05. The van der Waals surface area contributed by atoms with Crippen molar-refractivity contribution in [2.45, 2.75) is 19.9 Å². The third-order valence-electron chi connectivity index (χ3n) is 2.39. The zero-order valence-corrected chi connectivity index (χ0v) is 9.31. The van der Waals surface area contributed by atoms with Gasteiger partial charge in [0, 0.05) is 17.7 Å². The summed E-state index contributed by atoms with van der Waals surface area (Å²) in [4.78, 5) is 0. The summed E-state index contributed by atoms with van der Waals surface area (Å²) in [6, 6.07) is 8.46. The SMILES string of the molecule is CC(C)n1nc(N)cc1-c1ccccc1F. The Balaban J connectivity index is 2.60. The van der Waals surface area contributed by atoms with E-state index in [0.717, 1.165) is 0 Å². The quantitative estimate of drug-likeness (QED) is 0.844. The van der Waals surface area contributed by atoms with Crippen molar-refractivity contribution in [2.24, 2.45) is 0 Å². The molecule has 0 aliphatic rings. The van der Waals surface area contributed by atoms with Gasteiger partial charge in [0.2, 0.25) is 0 Å². The highest BCUT2D eigenvalue weighted by Crippen LogP contribution is 2.26. The molecule has 0 atom stereocenters. The summed E-state index contributed by atoms with van der Waals surface area (Å²) >= 11 is 0. The molecule has 1 aromatic carbocycles. The van der Waals surface area contributed by atoms with Crippen LogP contribution in [-0.4, -0.2) is 9.78 Å². The summed E-state index contributed by atoms with van der Waals surface area (Å²) in [7, 11) is 0. The molecule has 0 amide bonds. The van der Waals surface area contributed by atoms with Crippen molar-refractivity contribution in [1.29, 1.82) is 0 Å². The second kappa shape index (κ2) is 3.96. The van der Waals surface area contributed by atoms with Crippen LogP contribution in [0.15, 0.2) is 30.3 Å². The monoisotopic (exact) mass is 219 g/mol. The fraction of sp³-hybridized carbons (Fsp3) is 0.250. The fourth-order valence-corrected chi connectivity index (χ4v) is 1.68. The van der Waals surface area contributed by atoms with Crippen LogP contribution >= 0.6 is 0 Å². The van der Waals surface area contributed by atoms with Crippen LogP contribution in [0.3, 0.4) is 0 Å². The molecule has 2 aromatic rings. The van der Waals surface area contributed by atoms with E-state index in [1.165, 1.54) is 6.07 Å². The van der Waals surface area contributed by atoms with Gasteiger partial charge in [-0.15, -0.1) is 0 Å². The van der Waals surface area contributed by atoms with Gasteiger partial charge < -0.3 is 5.73 Å². The van der Waals surface area contributed by atoms with Crippen LogP contribution in [0.1, 0.15) is 19.9 Å². The molecule has 0 spiro atoms. The van der Waals surface area contributed by atoms with Gasteiger partial charge >= 0.3 is 0 Å². The average molecular weight is 219 g/mol. The van der Waals surface area contributed by atoms with Gasteiger partial charge in [-0.25, -0.2) is 4.39 Å². The zero-order valence-electron chi connectivity index (χ0n) is 9.31. The molecule has 16 heavy (non-hydrogen) atoms. The molecule has 4 heteroatoms. The van der Waals surface area contributed by atoms with E-state index in [-0.39, 0.29) is 11.9 Å². The number of anilines is 1. The summed E-state index contributed by atoms with van der Waals surface area (Å²) in [6.07, 6.45) is 0. The minimum Gasteiger partial charge on any atom is -0.382 e. The van der Waals surface area contributed by atoms with Gasteiger partial charge in [0.15, 0.2) is 0 Å². The minimum absolute atomic E-state index is 0.145. The van der Waals surface area contributed by atoms with Crippen molar-refractivity contribution < 1.29 is 4.39 Å². The van der Waals surface area contributed by atoms with E-state index < -0.39 is 0 Å². The normalized spacial score (nSPS) is 11.0. The number of nitrogens with zero attached hydrogens (tertiary/aromatic N) is 2. The van der Waals surface area contributed by atoms with Crippen LogP contribution in [-0.2, 0) is 0 Å². The Kier molecular flexibility index (Phi) is 2.64. The van der Waals surface area contributed by atoms with E-state index in [2.05, 4.69) is 5.10 Å². The zero-order chi connectivity index (χ0) is 11.7. The number of hydrogen-bond donors (Lipinski definition) is 1. The van der Waals surface area contributed by atoms with Gasteiger partial charge in [0.25, 0.3) is 0 Å². The van der Waals surface area contributed by atoms with E-state index >= 15 is 0 Å². The maximum atomic E-state index is 13.6. The minimum atomic E-state index is -0.260. The largest absolute Gasteiger partial charge is 0.382 e. The van der Waals surface area contributed by atoms with Crippen molar-refractivity contribution in [2.75, 3.05) is 5.73 Å². The molecule has 0 radical (unpaired) electrons. The van der Waals surface area contributed by atoms with Gasteiger partial charge in [-0.1, -0.05) is 12.1 Å². The maximum Gasteiger partial charge on any atom is 0.146 e. The lowest BCUT2D eigenvalue weighted by molar-refractivity contribution is 0.537. The Bertz CT molecular complexity index is 503. The van der Waals surface area contributed by atoms with Crippen molar-refractivity contribution in [1.82, 2.24) is 9.78 Å². The Morgan fingerprint density at radius 1 is 1.31 bits per heavy atom. The standard InChI is InChI=1S/C12H14FN3/c1-8(2)16-11(7-12(14)15-16)9-5-3-4-6-10(9)13/h3-8H,1-2H3,(H2,14,15). The summed E-state index contributed by atoms with van der Waals surface area (Å²) in [5, 5.41) is 4.16. The van der Waals surface area contributed by atoms with Gasteiger partial charge in [0.1, 0.15) is 11.6 Å². The van der Waals surface area contributed by atoms with Gasteiger partial charge in [-0.05, 0) is 26.0 Å². The summed E-state index contributed by atoms with van der Waals surface area (Å²) < 4.78 is 15.4. The first kappa shape index (κ1) is 10.7. The van der Waals surface area contributed by atoms with E-state index in [4.69, 9.17) is 5.73 Å². The van der Waals surface area contributed by atoms with Crippen LogP contribution < -0.4 is 5.73 Å². The Labute approximate surface area is 93.7 Å². The molecule has 0 unspecified atom stereocenters. The van der Waals surface area contributed by atoms with Crippen LogP contribution in [0.25, 0.3) is 11.3 Å². The van der Waals surface area contributed by atoms with Gasteiger partial charge in [-0.3, -0.25) is 4.68 Å². The number of halogens is 1. The third kappa shape index (κ3) is 1.78. The molecule has 2 N–H and O–H groups in total. The second-order valence-electron chi connectivity index (χ2n) is 3.97.